The van der Waals surface area contributed by atoms with E-state index in [-0.39, 0.29) is 12.0 Å². The normalized spacial score (nSPS) is 12.1. The molecule has 27 heavy (non-hydrogen) atoms. The Labute approximate surface area is 163 Å². The predicted octanol–water partition coefficient (Wildman–Crippen LogP) is 4.03. The van der Waals surface area contributed by atoms with Crippen LogP contribution in [0.2, 0.25) is 0 Å². The van der Waals surface area contributed by atoms with Crippen LogP contribution in [0.15, 0.2) is 64.8 Å². The average Bonchev–Trinajstić information content (AvgIpc) is 3.07. The number of nitrogens with zero attached hydrogens (tertiary/aromatic N) is 2. The summed E-state index contributed by atoms with van der Waals surface area (Å²) in [4.78, 5) is 25.0. The highest BCUT2D eigenvalue weighted by molar-refractivity contribution is 7.99. The van der Waals surface area contributed by atoms with Gasteiger partial charge in [-0.15, -0.1) is 0 Å². The molecule has 2 heterocycles. The summed E-state index contributed by atoms with van der Waals surface area (Å²) in [7, 11) is 0. The summed E-state index contributed by atoms with van der Waals surface area (Å²) in [6.45, 7) is 4.23. The van der Waals surface area contributed by atoms with Gasteiger partial charge in [0.15, 0.2) is 0 Å². The molecule has 2 aromatic heterocycles. The lowest BCUT2D eigenvalue weighted by atomic mass is 10.1. The first-order chi connectivity index (χ1) is 13.0. The molecular formula is C20H23N5OS. The summed E-state index contributed by atoms with van der Waals surface area (Å²) in [5.74, 6) is 0.963. The second-order valence-electron chi connectivity index (χ2n) is 6.54. The smallest absolute Gasteiger partial charge is 0.312 e. The van der Waals surface area contributed by atoms with Gasteiger partial charge in [-0.05, 0) is 29.7 Å². The molecule has 4 N–H and O–H groups in total. The van der Waals surface area contributed by atoms with Crippen molar-refractivity contribution in [3.8, 4) is 0 Å². The van der Waals surface area contributed by atoms with Gasteiger partial charge in [0.2, 0.25) is 0 Å². The van der Waals surface area contributed by atoms with E-state index in [1.54, 1.807) is 24.2 Å². The van der Waals surface area contributed by atoms with Crippen molar-refractivity contribution in [2.45, 2.75) is 42.1 Å². The molecule has 7 heteroatoms. The molecule has 0 bridgehead atoms. The van der Waals surface area contributed by atoms with Crippen molar-refractivity contribution in [2.24, 2.45) is 5.73 Å². The van der Waals surface area contributed by atoms with Crippen LogP contribution in [0.1, 0.15) is 42.9 Å². The second-order valence-corrected chi connectivity index (χ2v) is 7.60. The molecule has 0 spiro atoms. The number of nitrogens with two attached hydrogens (primary N) is 1. The molecule has 3 rings (SSSR count). The highest BCUT2D eigenvalue weighted by Crippen LogP contribution is 2.33. The molecule has 0 fully saturated rings. The van der Waals surface area contributed by atoms with E-state index in [9.17, 15) is 4.79 Å². The maximum Gasteiger partial charge on any atom is 0.312 e. The Morgan fingerprint density at radius 3 is 2.63 bits per heavy atom. The molecular weight excluding hydrogens is 358 g/mol. The second kappa shape index (κ2) is 8.73. The van der Waals surface area contributed by atoms with Crippen molar-refractivity contribution in [1.29, 1.82) is 0 Å². The Balaban J connectivity index is 1.91. The van der Waals surface area contributed by atoms with E-state index in [0.29, 0.717) is 12.2 Å². The first-order valence-corrected chi connectivity index (χ1v) is 9.62. The zero-order valence-electron chi connectivity index (χ0n) is 15.3. The van der Waals surface area contributed by atoms with E-state index in [0.717, 1.165) is 21.2 Å². The number of imidazole rings is 1. The van der Waals surface area contributed by atoms with Gasteiger partial charge in [-0.1, -0.05) is 49.9 Å². The van der Waals surface area contributed by atoms with Crippen LogP contribution in [-0.2, 0) is 6.42 Å². The fraction of sp³-hybridized carbons (Fsp3) is 0.250. The van der Waals surface area contributed by atoms with Crippen LogP contribution < -0.4 is 11.1 Å². The molecule has 0 saturated carbocycles. The van der Waals surface area contributed by atoms with Gasteiger partial charge in [0.1, 0.15) is 10.9 Å². The minimum atomic E-state index is -0.580. The summed E-state index contributed by atoms with van der Waals surface area (Å²) in [5, 5.41) is 3.71. The number of aromatic nitrogens is 3. The summed E-state index contributed by atoms with van der Waals surface area (Å²) < 4.78 is 0. The third-order valence-corrected chi connectivity index (χ3v) is 5.07. The van der Waals surface area contributed by atoms with Crippen molar-refractivity contribution < 1.29 is 4.79 Å². The number of primary amides is 1. The molecule has 0 saturated heterocycles. The number of hydrogen-bond acceptors (Lipinski definition) is 4. The number of pyridine rings is 1. The third-order valence-electron chi connectivity index (χ3n) is 4.06. The summed E-state index contributed by atoms with van der Waals surface area (Å²) in [6.07, 6.45) is 4.05. The molecule has 0 radical (unpaired) electrons. The van der Waals surface area contributed by atoms with Crippen LogP contribution in [0.4, 0.5) is 4.79 Å². The Kier molecular flexibility index (Phi) is 6.13. The molecule has 6 nitrogen and oxygen atoms in total. The van der Waals surface area contributed by atoms with Gasteiger partial charge in [0.05, 0.1) is 11.7 Å². The van der Waals surface area contributed by atoms with Crippen molar-refractivity contribution in [2.75, 3.05) is 0 Å². The van der Waals surface area contributed by atoms with Gasteiger partial charge in [-0.2, -0.15) is 0 Å². The van der Waals surface area contributed by atoms with Gasteiger partial charge >= 0.3 is 6.03 Å². The molecule has 0 aliphatic rings. The summed E-state index contributed by atoms with van der Waals surface area (Å²) in [5.41, 5.74) is 7.44. The Hall–Kier alpha value is -2.80. The third kappa shape index (κ3) is 5.10. The minimum absolute atomic E-state index is 0.269. The van der Waals surface area contributed by atoms with Crippen LogP contribution in [0, 0.1) is 0 Å². The fourth-order valence-corrected chi connectivity index (χ4v) is 3.82. The SMILES string of the molecule is CC(C)c1[nH]c(C(Cc2cccnc2)NC(N)=O)nc1Sc1ccccc1. The van der Waals surface area contributed by atoms with E-state index < -0.39 is 6.03 Å². The van der Waals surface area contributed by atoms with Crippen molar-refractivity contribution in [3.05, 3.63) is 71.9 Å². The molecule has 3 aromatic rings. The number of H-pyrrole nitrogens is 1. The van der Waals surface area contributed by atoms with Gasteiger partial charge in [-0.25, -0.2) is 9.78 Å². The van der Waals surface area contributed by atoms with E-state index in [1.807, 2.05) is 30.3 Å². The van der Waals surface area contributed by atoms with Gasteiger partial charge < -0.3 is 16.0 Å². The molecule has 2 amide bonds. The number of nitrogens with one attached hydrogen (secondary N) is 2. The quantitative estimate of drug-likeness (QED) is 0.575. The zero-order chi connectivity index (χ0) is 19.2. The first-order valence-electron chi connectivity index (χ1n) is 8.80. The largest absolute Gasteiger partial charge is 0.352 e. The molecule has 1 atom stereocenters. The fourth-order valence-electron chi connectivity index (χ4n) is 2.77. The van der Waals surface area contributed by atoms with Gasteiger partial charge in [0.25, 0.3) is 0 Å². The maximum atomic E-state index is 11.5. The zero-order valence-corrected chi connectivity index (χ0v) is 16.2. The standard InChI is InChI=1S/C20H23N5OS/c1-13(2)17-19(27-15-8-4-3-5-9-15)25-18(24-17)16(23-20(21)26)11-14-7-6-10-22-12-14/h3-10,12-13,16H,11H2,1-2H3,(H,24,25)(H3,21,23,26). The van der Waals surface area contributed by atoms with Gasteiger partial charge in [0, 0.05) is 23.7 Å². The molecule has 1 aromatic carbocycles. The van der Waals surface area contributed by atoms with Crippen LogP contribution in [-0.4, -0.2) is 21.0 Å². The van der Waals surface area contributed by atoms with Crippen LogP contribution in [0.5, 0.6) is 0 Å². The monoisotopic (exact) mass is 381 g/mol. The first kappa shape index (κ1) is 19.0. The van der Waals surface area contributed by atoms with Crippen LogP contribution in [0.3, 0.4) is 0 Å². The number of carbonyl (C=O) groups is 1. The number of carbonyl (C=O) groups excluding carboxylic acids is 1. The molecule has 1 unspecified atom stereocenters. The Morgan fingerprint density at radius 1 is 1.22 bits per heavy atom. The lowest BCUT2D eigenvalue weighted by molar-refractivity contribution is 0.244. The topological polar surface area (TPSA) is 96.7 Å². The highest BCUT2D eigenvalue weighted by atomic mass is 32.2. The lowest BCUT2D eigenvalue weighted by Gasteiger charge is -2.15. The number of benzene rings is 1. The minimum Gasteiger partial charge on any atom is -0.352 e. The molecule has 140 valence electrons. The number of hydrogen-bond donors (Lipinski definition) is 3. The highest BCUT2D eigenvalue weighted by Gasteiger charge is 2.22. The number of aromatic amines is 1. The van der Waals surface area contributed by atoms with Crippen LogP contribution >= 0.6 is 11.8 Å². The predicted molar refractivity (Wildman–Crippen MR) is 107 cm³/mol. The van der Waals surface area contributed by atoms with Crippen molar-refractivity contribution >= 4 is 17.8 Å². The summed E-state index contributed by atoms with van der Waals surface area (Å²) in [6, 6.07) is 13.0. The lowest BCUT2D eigenvalue weighted by Crippen LogP contribution is -2.35. The van der Waals surface area contributed by atoms with E-state index in [4.69, 9.17) is 10.7 Å². The number of urea groups is 1. The van der Waals surface area contributed by atoms with E-state index in [2.05, 4.69) is 41.3 Å². The van der Waals surface area contributed by atoms with Crippen molar-refractivity contribution in [1.82, 2.24) is 20.3 Å². The van der Waals surface area contributed by atoms with E-state index in [1.165, 1.54) is 0 Å². The number of rotatable bonds is 7. The molecule has 0 aliphatic heterocycles. The van der Waals surface area contributed by atoms with Gasteiger partial charge in [-0.3, -0.25) is 4.98 Å². The Morgan fingerprint density at radius 2 is 2.00 bits per heavy atom. The number of amides is 2. The van der Waals surface area contributed by atoms with Crippen molar-refractivity contribution in [3.63, 3.8) is 0 Å². The van der Waals surface area contributed by atoms with Crippen LogP contribution in [0.25, 0.3) is 0 Å². The maximum absolute atomic E-state index is 11.5. The van der Waals surface area contributed by atoms with E-state index >= 15 is 0 Å². The summed E-state index contributed by atoms with van der Waals surface area (Å²) >= 11 is 1.61. The molecule has 0 aliphatic carbocycles. The average molecular weight is 382 g/mol. The Bertz CT molecular complexity index is 880.